The highest BCUT2D eigenvalue weighted by atomic mass is 16.3. The maximum atomic E-state index is 6.90. The third-order valence-electron chi connectivity index (χ3n) is 13.6. The minimum Gasteiger partial charge on any atom is -0.457 e. The van der Waals surface area contributed by atoms with Gasteiger partial charge in [0.1, 0.15) is 97.5 Å². The summed E-state index contributed by atoms with van der Waals surface area (Å²) in [5.41, 5.74) is 25.9. The third-order valence-corrected chi connectivity index (χ3v) is 13.6. The molecule has 0 bridgehead atoms. The Morgan fingerprint density at radius 1 is 0.267 bits per heavy atom. The lowest BCUT2D eigenvalue weighted by molar-refractivity contribution is 0.675. The van der Waals surface area contributed by atoms with Crippen LogP contribution in [0.5, 0.6) is 0 Å². The zero-order valence-corrected chi connectivity index (χ0v) is 36.6. The molecule has 15 heteroatoms. The van der Waals surface area contributed by atoms with Crippen molar-refractivity contribution in [1.29, 1.82) is 0 Å². The van der Waals surface area contributed by atoms with E-state index in [1.807, 2.05) is 24.3 Å². The topological polar surface area (TPSA) is 51.8 Å². The molecule has 4 nitrogen and oxygen atoms in total. The first kappa shape index (κ1) is 39.5. The Morgan fingerprint density at radius 2 is 0.583 bits per heavy atom. The van der Waals surface area contributed by atoms with Gasteiger partial charge in [0.05, 0.1) is 0 Å². The summed E-state index contributed by atoms with van der Waals surface area (Å²) < 4.78 is 6.90. The molecule has 0 saturated heterocycles. The normalized spacial score (nSPS) is 11.4. The average Bonchev–Trinajstić information content (AvgIpc) is 3.70. The van der Waals surface area contributed by atoms with Gasteiger partial charge >= 0.3 is 0 Å². The summed E-state index contributed by atoms with van der Waals surface area (Å²) in [6.45, 7) is 0. The molecule has 0 aliphatic rings. The molecule has 0 atom stereocenters. The van der Waals surface area contributed by atoms with Crippen LogP contribution in [0.15, 0.2) is 114 Å². The van der Waals surface area contributed by atoms with E-state index in [0.717, 1.165) is 49.9 Å². The highest BCUT2D eigenvalue weighted by Gasteiger charge is 2.26. The zero-order chi connectivity index (χ0) is 42.1. The second-order valence-electron chi connectivity index (χ2n) is 16.7. The lowest BCUT2D eigenvalue weighted by Gasteiger charge is -2.25. The van der Waals surface area contributed by atoms with Gasteiger partial charge in [-0.2, -0.15) is 0 Å². The molecule has 0 aliphatic carbocycles. The van der Waals surface area contributed by atoms with Crippen LogP contribution < -0.4 is 60.1 Å². The Hall–Kier alpha value is -5.94. The monoisotopic (exact) mass is 759 g/mol. The van der Waals surface area contributed by atoms with E-state index in [9.17, 15) is 0 Å². The highest BCUT2D eigenvalue weighted by Crippen LogP contribution is 2.29. The molecule has 0 saturated carbocycles. The number of furan rings is 1. The van der Waals surface area contributed by atoms with Gasteiger partial charge in [-0.15, -0.1) is 5.46 Å². The van der Waals surface area contributed by atoms with Crippen molar-refractivity contribution in [3.63, 3.8) is 0 Å². The molecule has 2 aromatic heterocycles. The smallest absolute Gasteiger partial charge is 0.164 e. The van der Waals surface area contributed by atoms with Crippen LogP contribution in [0.3, 0.4) is 0 Å². The van der Waals surface area contributed by atoms with Crippen LogP contribution in [0, 0.1) is 0 Å². The van der Waals surface area contributed by atoms with Crippen molar-refractivity contribution in [1.82, 2.24) is 15.0 Å². The summed E-state index contributed by atoms with van der Waals surface area (Å²) in [5, 5.41) is 2.50. The van der Waals surface area contributed by atoms with Crippen LogP contribution in [-0.2, 0) is 0 Å². The fraction of sp³-hybridized carbons (Fsp3) is 0. The van der Waals surface area contributed by atoms with Crippen molar-refractivity contribution in [2.45, 2.75) is 0 Å². The number of hydrogen-bond acceptors (Lipinski definition) is 4. The van der Waals surface area contributed by atoms with Crippen molar-refractivity contribution >= 4 is 168 Å². The predicted octanol–water partition coefficient (Wildman–Crippen LogP) is -7.38. The Morgan fingerprint density at radius 3 is 1.08 bits per heavy atom. The SMILES string of the molecule is Bc1c(B)c(-c2c(B)c(B)c3c(oc4c(B)c(B)c(B)c(B)c43)c2B)c(B)c(B)c1-c1nc(-c2ccccc2)nc(-c2ccc(-c3ccc(-c4ccccc4)cc3)cc2)n1. The average molecular weight is 758 g/mol. The maximum absolute atomic E-state index is 6.90. The number of fused-ring (bicyclic) bond motifs is 3. The van der Waals surface area contributed by atoms with E-state index in [4.69, 9.17) is 19.4 Å². The zero-order valence-electron chi connectivity index (χ0n) is 36.6. The standard InChI is InChI=1S/C45H40B11N3O/c46-30-25(26-32(48)33(49)27-28-34(50)38(54)39(55)40(56)42(28)60-41(27)37(26)53)31(47)36(52)29(35(30)51)45-58-43(23-9-5-2-6-10-23)57-44(59-45)24-17-15-22(16-18-24)21-13-11-20(12-14-21)19-7-3-1-4-8-19/h1-18H,46-56H2. The van der Waals surface area contributed by atoms with Gasteiger partial charge in [-0.25, -0.2) is 15.0 Å². The quantitative estimate of drug-likeness (QED) is 0.159. The van der Waals surface area contributed by atoms with Gasteiger partial charge in [0.15, 0.2) is 17.5 Å². The van der Waals surface area contributed by atoms with E-state index in [0.29, 0.717) is 17.5 Å². The van der Waals surface area contributed by atoms with E-state index in [1.165, 1.54) is 82.2 Å². The minimum atomic E-state index is 0.650. The summed E-state index contributed by atoms with van der Waals surface area (Å²) in [7, 11) is 24.6. The predicted molar refractivity (Wildman–Crippen MR) is 290 cm³/mol. The van der Waals surface area contributed by atoms with E-state index in [1.54, 1.807) is 0 Å². The molecule has 0 amide bonds. The van der Waals surface area contributed by atoms with Crippen LogP contribution in [0.4, 0.5) is 0 Å². The van der Waals surface area contributed by atoms with Gasteiger partial charge in [-0.1, -0.05) is 158 Å². The Bertz CT molecular complexity index is 3170. The van der Waals surface area contributed by atoms with Crippen LogP contribution in [0.1, 0.15) is 0 Å². The van der Waals surface area contributed by atoms with Gasteiger partial charge in [-0.3, -0.25) is 0 Å². The van der Waals surface area contributed by atoms with Crippen molar-refractivity contribution in [2.75, 3.05) is 0 Å². The Kier molecular flexibility index (Phi) is 10.1. The number of nitrogens with zero attached hydrogens (tertiary/aromatic N) is 3. The number of aromatic nitrogens is 3. The summed E-state index contributed by atoms with van der Waals surface area (Å²) in [4.78, 5) is 15.6. The molecule has 0 fully saturated rings. The number of rotatable bonds is 6. The van der Waals surface area contributed by atoms with Crippen molar-refractivity contribution in [2.24, 2.45) is 0 Å². The first-order valence-electron chi connectivity index (χ1n) is 21.0. The summed E-state index contributed by atoms with van der Waals surface area (Å²) in [6, 6.07) is 38.0. The molecule has 274 valence electrons. The lowest BCUT2D eigenvalue weighted by Crippen LogP contribution is -2.48. The van der Waals surface area contributed by atoms with Gasteiger partial charge in [-0.05, 0) is 38.8 Å². The molecule has 9 rings (SSSR count). The minimum absolute atomic E-state index is 0.650. The molecule has 0 spiro atoms. The van der Waals surface area contributed by atoms with E-state index in [-0.39, 0.29) is 0 Å². The summed E-state index contributed by atoms with van der Waals surface area (Å²) >= 11 is 0. The summed E-state index contributed by atoms with van der Waals surface area (Å²) in [6.07, 6.45) is 0. The fourth-order valence-corrected chi connectivity index (χ4v) is 9.39. The molecule has 60 heavy (non-hydrogen) atoms. The maximum Gasteiger partial charge on any atom is 0.164 e. The highest BCUT2D eigenvalue weighted by molar-refractivity contribution is 6.70. The first-order valence-corrected chi connectivity index (χ1v) is 21.0. The Balaban J connectivity index is 1.17. The van der Waals surface area contributed by atoms with Crippen LogP contribution >= 0.6 is 0 Å². The molecule has 0 unspecified atom stereocenters. The fourth-order valence-electron chi connectivity index (χ4n) is 9.39. The second-order valence-corrected chi connectivity index (χ2v) is 16.7. The summed E-state index contributed by atoms with van der Waals surface area (Å²) in [5.74, 6) is 1.99. The molecule has 0 N–H and O–H groups in total. The number of hydrogen-bond donors (Lipinski definition) is 0. The van der Waals surface area contributed by atoms with Gasteiger partial charge < -0.3 is 4.42 Å². The third kappa shape index (κ3) is 6.36. The number of benzene rings is 7. The van der Waals surface area contributed by atoms with E-state index < -0.39 is 0 Å². The molecule has 0 aliphatic heterocycles. The van der Waals surface area contributed by atoms with E-state index >= 15 is 0 Å². The molecule has 2 heterocycles. The molecule has 7 aromatic carbocycles. The molecular weight excluding hydrogens is 717 g/mol. The molecular formula is C45H40B11N3O. The van der Waals surface area contributed by atoms with E-state index in [2.05, 4.69) is 171 Å². The van der Waals surface area contributed by atoms with Gasteiger partial charge in [0.25, 0.3) is 0 Å². The van der Waals surface area contributed by atoms with Gasteiger partial charge in [0.2, 0.25) is 0 Å². The van der Waals surface area contributed by atoms with Crippen LogP contribution in [0.2, 0.25) is 0 Å². The molecule has 0 radical (unpaired) electrons. The van der Waals surface area contributed by atoms with Crippen molar-refractivity contribution < 1.29 is 4.42 Å². The largest absolute Gasteiger partial charge is 0.457 e. The van der Waals surface area contributed by atoms with Crippen LogP contribution in [-0.4, -0.2) is 101 Å². The second kappa shape index (κ2) is 15.3. The Labute approximate surface area is 362 Å². The van der Waals surface area contributed by atoms with Crippen molar-refractivity contribution in [3.05, 3.63) is 109 Å². The van der Waals surface area contributed by atoms with Gasteiger partial charge in [0, 0.05) is 27.5 Å². The van der Waals surface area contributed by atoms with Crippen LogP contribution in [0.25, 0.3) is 89.5 Å². The van der Waals surface area contributed by atoms with Crippen molar-refractivity contribution in [3.8, 4) is 67.5 Å². The first-order chi connectivity index (χ1) is 28.8. The lowest BCUT2D eigenvalue weighted by atomic mass is 9.59. The molecule has 9 aromatic rings.